The van der Waals surface area contributed by atoms with Crippen LogP contribution in [-0.4, -0.2) is 27.6 Å². The minimum absolute atomic E-state index is 0.218. The van der Waals surface area contributed by atoms with Crippen LogP contribution in [0.25, 0.3) is 11.8 Å². The molecular weight excluding hydrogens is 376 g/mol. The average molecular weight is 402 g/mol. The predicted octanol–water partition coefficient (Wildman–Crippen LogP) is 4.93. The van der Waals surface area contributed by atoms with Gasteiger partial charge in [-0.2, -0.15) is 5.10 Å². The van der Waals surface area contributed by atoms with E-state index in [-0.39, 0.29) is 5.78 Å². The van der Waals surface area contributed by atoms with Gasteiger partial charge in [-0.1, -0.05) is 30.3 Å². The summed E-state index contributed by atoms with van der Waals surface area (Å²) in [5, 5.41) is 4.56. The first kappa shape index (κ1) is 21.2. The highest BCUT2D eigenvalue weighted by Gasteiger charge is 2.19. The van der Waals surface area contributed by atoms with Crippen LogP contribution < -0.4 is 0 Å². The summed E-state index contributed by atoms with van der Waals surface area (Å²) in [5.41, 5.74) is 6.21. The number of esters is 1. The summed E-state index contributed by atoms with van der Waals surface area (Å²) in [7, 11) is 0. The van der Waals surface area contributed by atoms with Crippen LogP contribution in [0.5, 0.6) is 0 Å². The third-order valence-electron chi connectivity index (χ3n) is 5.19. The Morgan fingerprint density at radius 1 is 1.00 bits per heavy atom. The van der Waals surface area contributed by atoms with E-state index in [2.05, 4.69) is 5.10 Å². The third kappa shape index (κ3) is 4.57. The van der Waals surface area contributed by atoms with Gasteiger partial charge in [-0.25, -0.2) is 9.48 Å². The van der Waals surface area contributed by atoms with Crippen LogP contribution in [0.1, 0.15) is 45.4 Å². The maximum absolute atomic E-state index is 12.6. The van der Waals surface area contributed by atoms with Crippen molar-refractivity contribution in [3.8, 4) is 5.69 Å². The number of ether oxygens (including phenoxy) is 1. The number of Topliss-reactive ketones (excluding diaryl/α,β-unsaturated/α-hetero) is 1. The lowest BCUT2D eigenvalue weighted by Crippen LogP contribution is -2.23. The second-order valence-electron chi connectivity index (χ2n) is 7.41. The molecule has 5 nitrogen and oxygen atoms in total. The second kappa shape index (κ2) is 8.91. The number of para-hydroxylation sites is 1. The summed E-state index contributed by atoms with van der Waals surface area (Å²) in [6.45, 7) is 9.37. The maximum Gasteiger partial charge on any atom is 0.331 e. The minimum atomic E-state index is -0.863. The number of nitrogens with zero attached hydrogens (tertiary/aromatic N) is 2. The smallest absolute Gasteiger partial charge is 0.331 e. The molecule has 0 saturated carbocycles. The average Bonchev–Trinajstić information content (AvgIpc) is 3.02. The van der Waals surface area contributed by atoms with E-state index in [9.17, 15) is 9.59 Å². The van der Waals surface area contributed by atoms with Gasteiger partial charge in [0.15, 0.2) is 6.10 Å². The molecule has 0 saturated heterocycles. The maximum atomic E-state index is 12.6. The van der Waals surface area contributed by atoms with E-state index in [1.807, 2.05) is 74.8 Å². The molecule has 0 radical (unpaired) electrons. The Bertz CT molecular complexity index is 1110. The number of ketones is 1. The van der Waals surface area contributed by atoms with Gasteiger partial charge in [-0.15, -0.1) is 0 Å². The molecule has 1 heterocycles. The summed E-state index contributed by atoms with van der Waals surface area (Å²) in [5.74, 6) is -0.782. The first-order valence-electron chi connectivity index (χ1n) is 9.89. The second-order valence-corrected chi connectivity index (χ2v) is 7.41. The summed E-state index contributed by atoms with van der Waals surface area (Å²) in [6.07, 6.45) is 2.17. The molecule has 154 valence electrons. The van der Waals surface area contributed by atoms with Crippen molar-refractivity contribution in [3.63, 3.8) is 0 Å². The van der Waals surface area contributed by atoms with Gasteiger partial charge in [0.2, 0.25) is 5.78 Å². The molecule has 0 aliphatic carbocycles. The Hall–Kier alpha value is -3.47. The molecule has 0 unspecified atom stereocenters. The molecule has 3 aromatic rings. The van der Waals surface area contributed by atoms with Gasteiger partial charge in [-0.05, 0) is 70.0 Å². The lowest BCUT2D eigenvalue weighted by molar-refractivity contribution is -0.140. The molecule has 0 spiro atoms. The molecule has 30 heavy (non-hydrogen) atoms. The highest BCUT2D eigenvalue weighted by Crippen LogP contribution is 2.19. The first-order valence-corrected chi connectivity index (χ1v) is 9.89. The van der Waals surface area contributed by atoms with Gasteiger partial charge in [0.05, 0.1) is 11.4 Å². The van der Waals surface area contributed by atoms with Gasteiger partial charge in [-0.3, -0.25) is 4.79 Å². The van der Waals surface area contributed by atoms with E-state index in [4.69, 9.17) is 4.74 Å². The monoisotopic (exact) mass is 402 g/mol. The van der Waals surface area contributed by atoms with Crippen LogP contribution in [0.15, 0.2) is 54.6 Å². The predicted molar refractivity (Wildman–Crippen MR) is 118 cm³/mol. The number of carbonyl (C=O) groups excluding carboxylic acids is 2. The molecule has 0 aliphatic heterocycles. The van der Waals surface area contributed by atoms with Crippen molar-refractivity contribution in [1.29, 1.82) is 0 Å². The van der Waals surface area contributed by atoms with Gasteiger partial charge >= 0.3 is 5.97 Å². The molecule has 0 N–H and O–H groups in total. The van der Waals surface area contributed by atoms with E-state index in [1.165, 1.54) is 6.08 Å². The van der Waals surface area contributed by atoms with Crippen molar-refractivity contribution < 1.29 is 14.3 Å². The molecular formula is C25H26N2O3. The Morgan fingerprint density at radius 2 is 1.70 bits per heavy atom. The van der Waals surface area contributed by atoms with Crippen LogP contribution in [-0.2, 0) is 9.53 Å². The fraction of sp³-hybridized carbons (Fsp3) is 0.240. The van der Waals surface area contributed by atoms with Crippen LogP contribution in [0.3, 0.4) is 0 Å². The molecule has 2 aromatic carbocycles. The Kier molecular flexibility index (Phi) is 6.31. The fourth-order valence-electron chi connectivity index (χ4n) is 3.26. The summed E-state index contributed by atoms with van der Waals surface area (Å²) >= 11 is 0. The standard InChI is InChI=1S/C25H26N2O3/c1-16-11-12-21(15-17(16)2)25(29)20(5)30-24(28)14-13-23-18(3)26-27(19(23)4)22-9-7-6-8-10-22/h6-15,20H,1-5H3/b14-13+/t20-/m0/s1. The Morgan fingerprint density at radius 3 is 2.37 bits per heavy atom. The lowest BCUT2D eigenvalue weighted by Gasteiger charge is -2.12. The van der Waals surface area contributed by atoms with E-state index < -0.39 is 12.1 Å². The van der Waals surface area contributed by atoms with Crippen LogP contribution in [0, 0.1) is 27.7 Å². The molecule has 0 aliphatic rings. The fourth-order valence-corrected chi connectivity index (χ4v) is 3.26. The van der Waals surface area contributed by atoms with Crippen molar-refractivity contribution in [2.75, 3.05) is 0 Å². The molecule has 3 rings (SSSR count). The quantitative estimate of drug-likeness (QED) is 0.333. The topological polar surface area (TPSA) is 61.2 Å². The van der Waals surface area contributed by atoms with Crippen molar-refractivity contribution in [2.24, 2.45) is 0 Å². The molecule has 0 bridgehead atoms. The third-order valence-corrected chi connectivity index (χ3v) is 5.19. The number of aryl methyl sites for hydroxylation is 3. The molecule has 0 amide bonds. The van der Waals surface area contributed by atoms with E-state index in [0.29, 0.717) is 5.56 Å². The zero-order chi connectivity index (χ0) is 21.8. The normalized spacial score (nSPS) is 12.2. The highest BCUT2D eigenvalue weighted by molar-refractivity contribution is 6.01. The lowest BCUT2D eigenvalue weighted by atomic mass is 10.0. The van der Waals surface area contributed by atoms with Gasteiger partial charge in [0, 0.05) is 22.9 Å². The Balaban J connectivity index is 1.71. The van der Waals surface area contributed by atoms with Crippen molar-refractivity contribution in [3.05, 3.63) is 88.2 Å². The molecule has 1 atom stereocenters. The molecule has 5 heteroatoms. The van der Waals surface area contributed by atoms with Crippen LogP contribution in [0.4, 0.5) is 0 Å². The van der Waals surface area contributed by atoms with Crippen molar-refractivity contribution >= 4 is 17.8 Å². The molecule has 1 aromatic heterocycles. The molecule has 0 fully saturated rings. The number of carbonyl (C=O) groups is 2. The van der Waals surface area contributed by atoms with Crippen LogP contribution >= 0.6 is 0 Å². The Labute approximate surface area is 177 Å². The van der Waals surface area contributed by atoms with E-state index >= 15 is 0 Å². The van der Waals surface area contributed by atoms with Gasteiger partial charge in [0.25, 0.3) is 0 Å². The largest absolute Gasteiger partial charge is 0.451 e. The number of hydrogen-bond donors (Lipinski definition) is 0. The SMILES string of the molecule is Cc1ccc(C(=O)[C@H](C)OC(=O)/C=C/c2c(C)nn(-c3ccccc3)c2C)cc1C. The number of rotatable bonds is 6. The number of benzene rings is 2. The van der Waals surface area contributed by atoms with E-state index in [0.717, 1.165) is 33.8 Å². The van der Waals surface area contributed by atoms with Gasteiger partial charge in [0.1, 0.15) is 0 Å². The zero-order valence-corrected chi connectivity index (χ0v) is 18.0. The van der Waals surface area contributed by atoms with Crippen molar-refractivity contribution in [1.82, 2.24) is 9.78 Å². The van der Waals surface area contributed by atoms with Crippen molar-refractivity contribution in [2.45, 2.75) is 40.7 Å². The number of aromatic nitrogens is 2. The highest BCUT2D eigenvalue weighted by atomic mass is 16.5. The summed E-state index contributed by atoms with van der Waals surface area (Å²) in [4.78, 5) is 24.9. The zero-order valence-electron chi connectivity index (χ0n) is 18.0. The van der Waals surface area contributed by atoms with E-state index in [1.54, 1.807) is 19.1 Å². The summed E-state index contributed by atoms with van der Waals surface area (Å²) < 4.78 is 7.17. The summed E-state index contributed by atoms with van der Waals surface area (Å²) in [6, 6.07) is 15.3. The first-order chi connectivity index (χ1) is 14.3. The number of hydrogen-bond acceptors (Lipinski definition) is 4. The van der Waals surface area contributed by atoms with Crippen LogP contribution in [0.2, 0.25) is 0 Å². The van der Waals surface area contributed by atoms with Gasteiger partial charge < -0.3 is 4.74 Å². The minimum Gasteiger partial charge on any atom is -0.451 e.